The number of amides is 1. The molecule has 2 aromatic rings. The lowest BCUT2D eigenvalue weighted by molar-refractivity contribution is -0.384. The van der Waals surface area contributed by atoms with Gasteiger partial charge in [-0.15, -0.1) is 0 Å². The summed E-state index contributed by atoms with van der Waals surface area (Å²) in [6.07, 6.45) is 0. The zero-order valence-electron chi connectivity index (χ0n) is 10.7. The maximum absolute atomic E-state index is 12.0. The molecule has 0 heterocycles. The smallest absolute Gasteiger partial charge is 0.271 e. The number of nitro groups is 1. The molecular formula is C14H10BrClN2O3. The van der Waals surface area contributed by atoms with Gasteiger partial charge in [-0.25, -0.2) is 0 Å². The number of non-ortho nitro benzene ring substituents is 1. The van der Waals surface area contributed by atoms with Crippen molar-refractivity contribution in [3.63, 3.8) is 0 Å². The minimum absolute atomic E-state index is 0.150. The zero-order valence-corrected chi connectivity index (χ0v) is 13.0. The van der Waals surface area contributed by atoms with Crippen molar-refractivity contribution >= 4 is 39.1 Å². The van der Waals surface area contributed by atoms with E-state index >= 15 is 0 Å². The number of nitrogens with zero attached hydrogens (tertiary/aromatic N) is 1. The topological polar surface area (TPSA) is 72.2 Å². The number of hydrogen-bond donors (Lipinski definition) is 1. The summed E-state index contributed by atoms with van der Waals surface area (Å²) in [6, 6.07) is 11.3. The van der Waals surface area contributed by atoms with E-state index in [0.29, 0.717) is 6.54 Å². The van der Waals surface area contributed by atoms with E-state index in [1.165, 1.54) is 18.2 Å². The Morgan fingerprint density at radius 2 is 2.05 bits per heavy atom. The molecule has 0 saturated heterocycles. The van der Waals surface area contributed by atoms with Gasteiger partial charge in [0.25, 0.3) is 11.6 Å². The Bertz CT molecular complexity index is 706. The summed E-state index contributed by atoms with van der Waals surface area (Å²) < 4.78 is 0.910. The molecule has 0 saturated carbocycles. The van der Waals surface area contributed by atoms with Gasteiger partial charge in [-0.1, -0.05) is 39.7 Å². The highest BCUT2D eigenvalue weighted by Crippen LogP contribution is 2.21. The van der Waals surface area contributed by atoms with Crippen molar-refractivity contribution < 1.29 is 9.72 Å². The number of benzene rings is 2. The van der Waals surface area contributed by atoms with Crippen LogP contribution in [0.15, 0.2) is 46.9 Å². The van der Waals surface area contributed by atoms with E-state index in [0.717, 1.165) is 10.0 Å². The molecule has 21 heavy (non-hydrogen) atoms. The van der Waals surface area contributed by atoms with E-state index in [4.69, 9.17) is 11.6 Å². The van der Waals surface area contributed by atoms with Crippen molar-refractivity contribution in [1.29, 1.82) is 0 Å². The highest BCUT2D eigenvalue weighted by atomic mass is 79.9. The fourth-order valence-electron chi connectivity index (χ4n) is 1.74. The highest BCUT2D eigenvalue weighted by molar-refractivity contribution is 9.10. The average Bonchev–Trinajstić information content (AvgIpc) is 2.44. The van der Waals surface area contributed by atoms with Crippen LogP contribution in [-0.2, 0) is 6.54 Å². The van der Waals surface area contributed by atoms with Gasteiger partial charge in [0.15, 0.2) is 0 Å². The molecule has 0 aliphatic rings. The molecule has 1 N–H and O–H groups in total. The predicted octanol–water partition coefficient (Wildman–Crippen LogP) is 3.94. The minimum atomic E-state index is -0.586. The molecular weight excluding hydrogens is 360 g/mol. The molecule has 0 aliphatic carbocycles. The van der Waals surface area contributed by atoms with Crippen LogP contribution in [0.5, 0.6) is 0 Å². The normalized spacial score (nSPS) is 10.2. The SMILES string of the molecule is O=C(NCc1cccc(Br)c1)c1cc(Cl)cc([N+](=O)[O-])c1. The molecule has 0 radical (unpaired) electrons. The summed E-state index contributed by atoms with van der Waals surface area (Å²) in [4.78, 5) is 22.2. The number of nitrogens with one attached hydrogen (secondary N) is 1. The molecule has 0 spiro atoms. The van der Waals surface area contributed by atoms with Crippen LogP contribution >= 0.6 is 27.5 Å². The fraction of sp³-hybridized carbons (Fsp3) is 0.0714. The van der Waals surface area contributed by atoms with Gasteiger partial charge in [0.2, 0.25) is 0 Å². The van der Waals surface area contributed by atoms with Crippen LogP contribution in [0.1, 0.15) is 15.9 Å². The number of halogens is 2. The molecule has 0 aliphatic heterocycles. The first-order valence-corrected chi connectivity index (χ1v) is 7.10. The summed E-state index contributed by atoms with van der Waals surface area (Å²) in [5.74, 6) is -0.416. The summed E-state index contributed by atoms with van der Waals surface area (Å²) in [6.45, 7) is 0.318. The van der Waals surface area contributed by atoms with Gasteiger partial charge in [-0.3, -0.25) is 14.9 Å². The van der Waals surface area contributed by atoms with E-state index < -0.39 is 10.8 Å². The molecule has 0 unspecified atom stereocenters. The number of nitro benzene ring substituents is 1. The van der Waals surface area contributed by atoms with Crippen molar-refractivity contribution in [2.75, 3.05) is 0 Å². The first kappa shape index (κ1) is 15.5. The van der Waals surface area contributed by atoms with E-state index in [2.05, 4.69) is 21.2 Å². The van der Waals surface area contributed by atoms with E-state index in [1.807, 2.05) is 24.3 Å². The Kier molecular flexibility index (Phi) is 4.93. The lowest BCUT2D eigenvalue weighted by atomic mass is 10.1. The minimum Gasteiger partial charge on any atom is -0.348 e. The van der Waals surface area contributed by atoms with Gasteiger partial charge >= 0.3 is 0 Å². The monoisotopic (exact) mass is 368 g/mol. The van der Waals surface area contributed by atoms with Crippen LogP contribution in [0.25, 0.3) is 0 Å². The van der Waals surface area contributed by atoms with Crippen LogP contribution in [-0.4, -0.2) is 10.8 Å². The third kappa shape index (κ3) is 4.27. The van der Waals surface area contributed by atoms with Crippen LogP contribution < -0.4 is 5.32 Å². The maximum atomic E-state index is 12.0. The number of hydrogen-bond acceptors (Lipinski definition) is 3. The Morgan fingerprint density at radius 1 is 1.29 bits per heavy atom. The Balaban J connectivity index is 2.12. The van der Waals surface area contributed by atoms with Gasteiger partial charge in [0.1, 0.15) is 0 Å². The van der Waals surface area contributed by atoms with Gasteiger partial charge < -0.3 is 5.32 Å². The third-order valence-corrected chi connectivity index (χ3v) is 3.41. The van der Waals surface area contributed by atoms with E-state index in [1.54, 1.807) is 0 Å². The molecule has 0 aromatic heterocycles. The molecule has 2 aromatic carbocycles. The van der Waals surface area contributed by atoms with Crippen LogP contribution in [0.4, 0.5) is 5.69 Å². The Morgan fingerprint density at radius 3 is 2.71 bits per heavy atom. The van der Waals surface area contributed by atoms with Crippen molar-refractivity contribution in [2.24, 2.45) is 0 Å². The summed E-state index contributed by atoms with van der Waals surface area (Å²) in [5, 5.41) is 13.6. The Hall–Kier alpha value is -1.92. The molecule has 0 fully saturated rings. The fourth-order valence-corrected chi connectivity index (χ4v) is 2.42. The molecule has 7 heteroatoms. The maximum Gasteiger partial charge on any atom is 0.271 e. The second kappa shape index (κ2) is 6.69. The molecule has 1 amide bonds. The van der Waals surface area contributed by atoms with Crippen LogP contribution in [0, 0.1) is 10.1 Å². The van der Waals surface area contributed by atoms with Gasteiger partial charge in [0, 0.05) is 33.7 Å². The van der Waals surface area contributed by atoms with Crippen molar-refractivity contribution in [1.82, 2.24) is 5.32 Å². The lowest BCUT2D eigenvalue weighted by Gasteiger charge is -2.06. The molecule has 2 rings (SSSR count). The van der Waals surface area contributed by atoms with Crippen molar-refractivity contribution in [3.8, 4) is 0 Å². The Labute approximate surface area is 134 Å². The quantitative estimate of drug-likeness (QED) is 0.655. The third-order valence-electron chi connectivity index (χ3n) is 2.70. The van der Waals surface area contributed by atoms with Gasteiger partial charge in [-0.2, -0.15) is 0 Å². The lowest BCUT2D eigenvalue weighted by Crippen LogP contribution is -2.22. The summed E-state index contributed by atoms with van der Waals surface area (Å²) >= 11 is 9.13. The summed E-state index contributed by atoms with van der Waals surface area (Å²) in [7, 11) is 0. The van der Waals surface area contributed by atoms with Crippen molar-refractivity contribution in [2.45, 2.75) is 6.54 Å². The number of rotatable bonds is 4. The van der Waals surface area contributed by atoms with Crippen LogP contribution in [0.3, 0.4) is 0 Å². The number of carbonyl (C=O) groups excluding carboxylic acids is 1. The molecule has 5 nitrogen and oxygen atoms in total. The predicted molar refractivity (Wildman–Crippen MR) is 83.4 cm³/mol. The van der Waals surface area contributed by atoms with Gasteiger partial charge in [-0.05, 0) is 23.8 Å². The highest BCUT2D eigenvalue weighted by Gasteiger charge is 2.13. The molecule has 108 valence electrons. The number of carbonyl (C=O) groups is 1. The van der Waals surface area contributed by atoms with Crippen molar-refractivity contribution in [3.05, 3.63) is 73.2 Å². The largest absolute Gasteiger partial charge is 0.348 e. The van der Waals surface area contributed by atoms with Gasteiger partial charge in [0.05, 0.1) is 4.92 Å². The molecule has 0 bridgehead atoms. The molecule has 0 atom stereocenters. The van der Waals surface area contributed by atoms with Crippen LogP contribution in [0.2, 0.25) is 5.02 Å². The zero-order chi connectivity index (χ0) is 15.4. The first-order valence-electron chi connectivity index (χ1n) is 5.93. The van der Waals surface area contributed by atoms with E-state index in [9.17, 15) is 14.9 Å². The second-order valence-corrected chi connectivity index (χ2v) is 5.62. The first-order chi connectivity index (χ1) is 9.95. The standard InChI is InChI=1S/C14H10BrClN2O3/c15-11-3-1-2-9(4-11)8-17-14(19)10-5-12(16)7-13(6-10)18(20)21/h1-7H,8H2,(H,17,19). The summed E-state index contributed by atoms with van der Waals surface area (Å²) in [5.41, 5.74) is 0.855. The second-order valence-electron chi connectivity index (χ2n) is 4.27. The average molecular weight is 370 g/mol. The van der Waals surface area contributed by atoms with E-state index in [-0.39, 0.29) is 16.3 Å².